The number of non-ortho nitro benzene ring substituents is 1. The number of thiophene rings is 1. The molecule has 0 aliphatic carbocycles. The number of morpholine rings is 1. The van der Waals surface area contributed by atoms with Crippen molar-refractivity contribution in [2.45, 2.75) is 20.0 Å². The van der Waals surface area contributed by atoms with Crippen LogP contribution in [0.1, 0.15) is 26.4 Å². The molecular weight excluding hydrogens is 523 g/mol. The number of benzene rings is 2. The van der Waals surface area contributed by atoms with Crippen molar-refractivity contribution in [2.24, 2.45) is 0 Å². The number of hydrogen-bond donors (Lipinski definition) is 0. The average Bonchev–Trinajstić information content (AvgIpc) is 3.35. The first-order valence-electron chi connectivity index (χ1n) is 12.7. The monoisotopic (exact) mass is 554 g/mol. The number of carbonyl (C=O) groups is 2. The number of carbonyl (C=O) groups excluding carboxylic acids is 2. The van der Waals surface area contributed by atoms with Gasteiger partial charge in [-0.25, -0.2) is 4.39 Å². The van der Waals surface area contributed by atoms with Gasteiger partial charge in [0.2, 0.25) is 5.91 Å². The lowest BCUT2D eigenvalue weighted by atomic mass is 10.1. The summed E-state index contributed by atoms with van der Waals surface area (Å²) in [7, 11) is 0. The molecule has 4 rings (SSSR count). The third kappa shape index (κ3) is 7.92. The van der Waals surface area contributed by atoms with Crippen LogP contribution in [0.2, 0.25) is 0 Å². The molecule has 2 aromatic carbocycles. The lowest BCUT2D eigenvalue weighted by Crippen LogP contribution is -2.47. The van der Waals surface area contributed by atoms with Gasteiger partial charge in [-0.15, -0.1) is 11.3 Å². The molecule has 2 heterocycles. The Balaban J connectivity index is 1.56. The number of rotatable bonds is 11. The predicted molar refractivity (Wildman–Crippen MR) is 146 cm³/mol. The van der Waals surface area contributed by atoms with Crippen molar-refractivity contribution in [2.75, 3.05) is 45.9 Å². The molecule has 11 heteroatoms. The van der Waals surface area contributed by atoms with Crippen molar-refractivity contribution in [1.82, 2.24) is 14.7 Å². The molecule has 9 nitrogen and oxygen atoms in total. The van der Waals surface area contributed by atoms with Gasteiger partial charge in [0.1, 0.15) is 12.4 Å². The second-order valence-electron chi connectivity index (χ2n) is 9.39. The first-order valence-corrected chi connectivity index (χ1v) is 13.6. The van der Waals surface area contributed by atoms with Gasteiger partial charge in [-0.1, -0.05) is 18.2 Å². The topological polar surface area (TPSA) is 96.2 Å². The van der Waals surface area contributed by atoms with Crippen molar-refractivity contribution in [3.05, 3.63) is 97.5 Å². The lowest BCUT2D eigenvalue weighted by molar-refractivity contribution is -0.384. The highest BCUT2D eigenvalue weighted by Crippen LogP contribution is 2.21. The van der Waals surface area contributed by atoms with E-state index in [9.17, 15) is 24.1 Å². The van der Waals surface area contributed by atoms with Gasteiger partial charge in [-0.3, -0.25) is 24.6 Å². The SMILES string of the molecule is Cc1ccsc1CN(Cc1ccc(F)cc1)C(=O)CN(CCN1CCOCC1)C(=O)c1cccc([N+](=O)[O-])c1. The van der Waals surface area contributed by atoms with E-state index >= 15 is 0 Å². The molecule has 3 aromatic rings. The van der Waals surface area contributed by atoms with Crippen LogP contribution in [0.3, 0.4) is 0 Å². The van der Waals surface area contributed by atoms with E-state index in [1.807, 2.05) is 18.4 Å². The molecule has 0 radical (unpaired) electrons. The van der Waals surface area contributed by atoms with Crippen LogP contribution in [0.25, 0.3) is 0 Å². The molecule has 1 fully saturated rings. The van der Waals surface area contributed by atoms with Crippen LogP contribution in [0.15, 0.2) is 60.0 Å². The Morgan fingerprint density at radius 1 is 1.08 bits per heavy atom. The number of amides is 2. The van der Waals surface area contributed by atoms with E-state index in [2.05, 4.69) is 4.90 Å². The zero-order valence-electron chi connectivity index (χ0n) is 21.8. The molecule has 0 atom stereocenters. The van der Waals surface area contributed by atoms with E-state index < -0.39 is 10.8 Å². The number of ether oxygens (including phenoxy) is 1. The molecule has 0 bridgehead atoms. The molecule has 206 valence electrons. The molecule has 0 saturated carbocycles. The summed E-state index contributed by atoms with van der Waals surface area (Å²) in [5.41, 5.74) is 1.79. The summed E-state index contributed by atoms with van der Waals surface area (Å²) in [6.45, 7) is 5.84. The molecule has 1 saturated heterocycles. The Bertz CT molecular complexity index is 1290. The Kier molecular flexibility index (Phi) is 9.74. The van der Waals surface area contributed by atoms with Crippen LogP contribution in [-0.4, -0.2) is 77.4 Å². The van der Waals surface area contributed by atoms with E-state index in [1.54, 1.807) is 28.4 Å². The van der Waals surface area contributed by atoms with Crippen LogP contribution >= 0.6 is 11.3 Å². The minimum absolute atomic E-state index is 0.151. The maximum atomic E-state index is 13.7. The van der Waals surface area contributed by atoms with Crippen LogP contribution in [0.4, 0.5) is 10.1 Å². The summed E-state index contributed by atoms with van der Waals surface area (Å²) in [5, 5.41) is 13.3. The zero-order valence-corrected chi connectivity index (χ0v) is 22.6. The van der Waals surface area contributed by atoms with Gasteiger partial charge in [0.15, 0.2) is 0 Å². The van der Waals surface area contributed by atoms with E-state index in [4.69, 9.17) is 4.74 Å². The fourth-order valence-corrected chi connectivity index (χ4v) is 5.24. The molecule has 2 amide bonds. The molecule has 1 aliphatic rings. The molecule has 0 spiro atoms. The fourth-order valence-electron chi connectivity index (χ4n) is 4.32. The molecule has 0 N–H and O–H groups in total. The first kappa shape index (κ1) is 28.3. The summed E-state index contributed by atoms with van der Waals surface area (Å²) in [4.78, 5) is 44.4. The maximum absolute atomic E-state index is 13.7. The smallest absolute Gasteiger partial charge is 0.270 e. The molecule has 39 heavy (non-hydrogen) atoms. The second-order valence-corrected chi connectivity index (χ2v) is 10.4. The normalized spacial score (nSPS) is 13.7. The molecule has 0 unspecified atom stereocenters. The van der Waals surface area contributed by atoms with Crippen molar-refractivity contribution in [1.29, 1.82) is 0 Å². The second kappa shape index (κ2) is 13.4. The minimum Gasteiger partial charge on any atom is -0.379 e. The van der Waals surface area contributed by atoms with Gasteiger partial charge in [0.05, 0.1) is 24.7 Å². The zero-order chi connectivity index (χ0) is 27.8. The van der Waals surface area contributed by atoms with E-state index in [-0.39, 0.29) is 42.6 Å². The first-order chi connectivity index (χ1) is 18.8. The van der Waals surface area contributed by atoms with Crippen LogP contribution in [-0.2, 0) is 22.6 Å². The Hall–Kier alpha value is -3.67. The highest BCUT2D eigenvalue weighted by molar-refractivity contribution is 7.10. The minimum atomic E-state index is -0.548. The Morgan fingerprint density at radius 2 is 1.82 bits per heavy atom. The average molecular weight is 555 g/mol. The molecular formula is C28H31FN4O5S. The number of nitro benzene ring substituents is 1. The van der Waals surface area contributed by atoms with Crippen LogP contribution < -0.4 is 0 Å². The highest BCUT2D eigenvalue weighted by Gasteiger charge is 2.25. The number of nitro groups is 1. The van der Waals surface area contributed by atoms with E-state index in [0.29, 0.717) is 26.3 Å². The number of nitrogens with zero attached hydrogens (tertiary/aromatic N) is 4. The van der Waals surface area contributed by atoms with Gasteiger partial charge < -0.3 is 14.5 Å². The fraction of sp³-hybridized carbons (Fsp3) is 0.357. The number of hydrogen-bond acceptors (Lipinski definition) is 7. The standard InChI is InChI=1S/C28H31FN4O5S/c1-21-9-16-39-26(21)19-32(18-22-5-7-24(29)8-6-22)27(34)20-31(11-10-30-12-14-38-15-13-30)28(35)23-3-2-4-25(17-23)33(36)37/h2-9,16-17H,10-15,18-20H2,1H3. The van der Waals surface area contributed by atoms with Crippen molar-refractivity contribution in [3.8, 4) is 0 Å². The maximum Gasteiger partial charge on any atom is 0.270 e. The number of aryl methyl sites for hydroxylation is 1. The van der Waals surface area contributed by atoms with Crippen molar-refractivity contribution >= 4 is 28.8 Å². The molecule has 1 aliphatic heterocycles. The van der Waals surface area contributed by atoms with E-state index in [0.717, 1.165) is 29.1 Å². The Morgan fingerprint density at radius 3 is 2.49 bits per heavy atom. The summed E-state index contributed by atoms with van der Waals surface area (Å²) < 4.78 is 18.9. The third-order valence-corrected chi connectivity index (χ3v) is 7.66. The van der Waals surface area contributed by atoms with E-state index in [1.165, 1.54) is 41.3 Å². The Labute approximate surface area is 230 Å². The van der Waals surface area contributed by atoms with Crippen molar-refractivity contribution in [3.63, 3.8) is 0 Å². The summed E-state index contributed by atoms with van der Waals surface area (Å²) in [6.07, 6.45) is 0. The van der Waals surface area contributed by atoms with Gasteiger partial charge in [-0.2, -0.15) is 0 Å². The number of halogens is 1. The summed E-state index contributed by atoms with van der Waals surface area (Å²) in [5.74, 6) is -1.08. The van der Waals surface area contributed by atoms with Gasteiger partial charge >= 0.3 is 0 Å². The largest absolute Gasteiger partial charge is 0.379 e. The van der Waals surface area contributed by atoms with Gasteiger partial charge in [0, 0.05) is 55.3 Å². The quantitative estimate of drug-likeness (QED) is 0.262. The highest BCUT2D eigenvalue weighted by atomic mass is 32.1. The molecule has 1 aromatic heterocycles. The predicted octanol–water partition coefficient (Wildman–Crippen LogP) is 4.11. The van der Waals surface area contributed by atoms with Gasteiger partial charge in [-0.05, 0) is 47.7 Å². The van der Waals surface area contributed by atoms with Crippen molar-refractivity contribution < 1.29 is 23.6 Å². The van der Waals surface area contributed by atoms with Gasteiger partial charge in [0.25, 0.3) is 11.6 Å². The summed E-state index contributed by atoms with van der Waals surface area (Å²) in [6, 6.07) is 13.5. The van der Waals surface area contributed by atoms with Crippen LogP contribution in [0, 0.1) is 22.9 Å². The third-order valence-electron chi connectivity index (χ3n) is 6.65. The lowest BCUT2D eigenvalue weighted by Gasteiger charge is -2.31. The summed E-state index contributed by atoms with van der Waals surface area (Å²) >= 11 is 1.55. The van der Waals surface area contributed by atoms with Crippen LogP contribution in [0.5, 0.6) is 0 Å².